The molecule has 2 aromatic carbocycles. The molecule has 0 saturated heterocycles. The highest BCUT2D eigenvalue weighted by atomic mass is 16.1. The molecule has 0 radical (unpaired) electrons. The molecule has 0 unspecified atom stereocenters. The van der Waals surface area contributed by atoms with Gasteiger partial charge >= 0.3 is 0 Å². The molecule has 0 aliphatic carbocycles. The maximum absolute atomic E-state index is 12.9. The minimum Gasteiger partial charge on any atom is -0.325 e. The molecule has 0 saturated carbocycles. The first-order valence-electron chi connectivity index (χ1n) is 7.96. The zero-order chi connectivity index (χ0) is 16.1. The van der Waals surface area contributed by atoms with E-state index in [-0.39, 0.29) is 11.8 Å². The van der Waals surface area contributed by atoms with Gasteiger partial charge in [-0.05, 0) is 42.5 Å². The third-order valence-corrected chi connectivity index (χ3v) is 4.31. The van der Waals surface area contributed by atoms with Crippen molar-refractivity contribution in [2.75, 3.05) is 5.32 Å². The minimum absolute atomic E-state index is 0.0780. The summed E-state index contributed by atoms with van der Waals surface area (Å²) in [6.07, 6.45) is 0.972. The third kappa shape index (κ3) is 3.76. The van der Waals surface area contributed by atoms with Crippen molar-refractivity contribution in [2.24, 2.45) is 5.92 Å². The fourth-order valence-electron chi connectivity index (χ4n) is 2.72. The Morgan fingerprint density at radius 1 is 1.09 bits per heavy atom. The molecule has 2 aromatic rings. The average Bonchev–Trinajstić information content (AvgIpc) is 2.52. The van der Waals surface area contributed by atoms with E-state index >= 15 is 0 Å². The lowest BCUT2D eigenvalue weighted by Gasteiger charge is -2.23. The van der Waals surface area contributed by atoms with Gasteiger partial charge in [-0.25, -0.2) is 0 Å². The van der Waals surface area contributed by atoms with Gasteiger partial charge in [0.25, 0.3) is 0 Å². The molecule has 2 nitrogen and oxygen atoms in total. The van der Waals surface area contributed by atoms with Crippen LogP contribution in [-0.2, 0) is 4.79 Å². The van der Waals surface area contributed by atoms with E-state index < -0.39 is 0 Å². The van der Waals surface area contributed by atoms with Gasteiger partial charge in [0.1, 0.15) is 0 Å². The number of benzene rings is 2. The van der Waals surface area contributed by atoms with Gasteiger partial charge < -0.3 is 5.32 Å². The van der Waals surface area contributed by atoms with Crippen LogP contribution in [0.2, 0.25) is 0 Å². The maximum atomic E-state index is 12.9. The number of anilines is 1. The van der Waals surface area contributed by atoms with Crippen LogP contribution in [0.15, 0.2) is 48.5 Å². The van der Waals surface area contributed by atoms with E-state index in [1.54, 1.807) is 0 Å². The van der Waals surface area contributed by atoms with Crippen molar-refractivity contribution in [2.45, 2.75) is 40.0 Å². The minimum atomic E-state index is -0.119. The standard InChI is InChI=1S/C20H25NO/c1-5-15(3)19(17-9-7-6-8-10-17)20(22)21-18-13-14(2)11-12-16(18)4/h6-13,15,19H,5H2,1-4H3,(H,21,22)/t15-,19+/m1/s1. The first-order valence-corrected chi connectivity index (χ1v) is 7.96. The Morgan fingerprint density at radius 2 is 1.77 bits per heavy atom. The van der Waals surface area contributed by atoms with Gasteiger partial charge in [-0.3, -0.25) is 4.79 Å². The quantitative estimate of drug-likeness (QED) is 0.819. The van der Waals surface area contributed by atoms with Crippen molar-refractivity contribution < 1.29 is 4.79 Å². The van der Waals surface area contributed by atoms with Gasteiger partial charge in [-0.2, -0.15) is 0 Å². The second-order valence-corrected chi connectivity index (χ2v) is 6.08. The van der Waals surface area contributed by atoms with Crippen molar-refractivity contribution in [3.8, 4) is 0 Å². The molecule has 0 aliphatic rings. The van der Waals surface area contributed by atoms with Crippen LogP contribution < -0.4 is 5.32 Å². The number of nitrogens with one attached hydrogen (secondary N) is 1. The summed E-state index contributed by atoms with van der Waals surface area (Å²) in [4.78, 5) is 12.9. The van der Waals surface area contributed by atoms with E-state index in [4.69, 9.17) is 0 Å². The normalized spacial score (nSPS) is 13.5. The van der Waals surface area contributed by atoms with Crippen LogP contribution in [0, 0.1) is 19.8 Å². The second-order valence-electron chi connectivity index (χ2n) is 6.08. The number of amides is 1. The molecule has 1 amide bonds. The Labute approximate surface area is 133 Å². The van der Waals surface area contributed by atoms with E-state index in [1.807, 2.05) is 56.3 Å². The summed E-state index contributed by atoms with van der Waals surface area (Å²) in [6, 6.07) is 16.2. The lowest BCUT2D eigenvalue weighted by Crippen LogP contribution is -2.26. The Hall–Kier alpha value is -2.09. The lowest BCUT2D eigenvalue weighted by atomic mass is 9.85. The predicted octanol–water partition coefficient (Wildman–Crippen LogP) is 5.07. The van der Waals surface area contributed by atoms with Gasteiger partial charge in [0, 0.05) is 5.69 Å². The lowest BCUT2D eigenvalue weighted by molar-refractivity contribution is -0.118. The number of hydrogen-bond acceptors (Lipinski definition) is 1. The summed E-state index contributed by atoms with van der Waals surface area (Å²) < 4.78 is 0. The number of aryl methyl sites for hydroxylation is 2. The number of hydrogen-bond donors (Lipinski definition) is 1. The highest BCUT2D eigenvalue weighted by molar-refractivity contribution is 5.96. The molecule has 2 rings (SSSR count). The van der Waals surface area contributed by atoms with Crippen LogP contribution in [0.25, 0.3) is 0 Å². The molecule has 116 valence electrons. The molecule has 2 heteroatoms. The fraction of sp³-hybridized carbons (Fsp3) is 0.350. The molecular formula is C20H25NO. The molecular weight excluding hydrogens is 270 g/mol. The molecule has 0 aromatic heterocycles. The SMILES string of the molecule is CC[C@@H](C)[C@H](C(=O)Nc1cc(C)ccc1C)c1ccccc1. The van der Waals surface area contributed by atoms with E-state index in [0.717, 1.165) is 28.8 Å². The zero-order valence-corrected chi connectivity index (χ0v) is 13.9. The van der Waals surface area contributed by atoms with Crippen molar-refractivity contribution in [1.82, 2.24) is 0 Å². The monoisotopic (exact) mass is 295 g/mol. The first-order chi connectivity index (χ1) is 10.5. The molecule has 0 spiro atoms. The topological polar surface area (TPSA) is 29.1 Å². The molecule has 22 heavy (non-hydrogen) atoms. The summed E-state index contributed by atoms with van der Waals surface area (Å²) >= 11 is 0. The number of carbonyl (C=O) groups is 1. The molecule has 0 fully saturated rings. The third-order valence-electron chi connectivity index (χ3n) is 4.31. The van der Waals surface area contributed by atoms with Crippen molar-refractivity contribution >= 4 is 11.6 Å². The summed E-state index contributed by atoms with van der Waals surface area (Å²) in [5.41, 5.74) is 4.24. The first kappa shape index (κ1) is 16.3. The Morgan fingerprint density at radius 3 is 2.41 bits per heavy atom. The van der Waals surface area contributed by atoms with Crippen molar-refractivity contribution in [3.63, 3.8) is 0 Å². The number of carbonyl (C=O) groups excluding carboxylic acids is 1. The predicted molar refractivity (Wildman–Crippen MR) is 93.2 cm³/mol. The number of rotatable bonds is 5. The summed E-state index contributed by atoms with van der Waals surface area (Å²) in [5.74, 6) is 0.257. The van der Waals surface area contributed by atoms with E-state index in [1.165, 1.54) is 0 Å². The highest BCUT2D eigenvalue weighted by Gasteiger charge is 2.26. The zero-order valence-electron chi connectivity index (χ0n) is 13.9. The maximum Gasteiger partial charge on any atom is 0.232 e. The van der Waals surface area contributed by atoms with Crippen LogP contribution in [0.1, 0.15) is 42.9 Å². The highest BCUT2D eigenvalue weighted by Crippen LogP contribution is 2.29. The van der Waals surface area contributed by atoms with Crippen LogP contribution in [0.5, 0.6) is 0 Å². The van der Waals surface area contributed by atoms with E-state index in [9.17, 15) is 4.79 Å². The fourth-order valence-corrected chi connectivity index (χ4v) is 2.72. The van der Waals surface area contributed by atoms with Gasteiger partial charge in [0.2, 0.25) is 5.91 Å². The second kappa shape index (κ2) is 7.26. The van der Waals surface area contributed by atoms with Gasteiger partial charge in [-0.15, -0.1) is 0 Å². The summed E-state index contributed by atoms with van der Waals surface area (Å²) in [7, 11) is 0. The van der Waals surface area contributed by atoms with Crippen LogP contribution in [-0.4, -0.2) is 5.91 Å². The van der Waals surface area contributed by atoms with Gasteiger partial charge in [0.15, 0.2) is 0 Å². The summed E-state index contributed by atoms with van der Waals surface area (Å²) in [5, 5.41) is 3.13. The van der Waals surface area contributed by atoms with E-state index in [0.29, 0.717) is 5.92 Å². The largest absolute Gasteiger partial charge is 0.325 e. The Bertz CT molecular complexity index is 633. The molecule has 0 bridgehead atoms. The van der Waals surface area contributed by atoms with Crippen LogP contribution in [0.3, 0.4) is 0 Å². The van der Waals surface area contributed by atoms with Gasteiger partial charge in [0.05, 0.1) is 5.92 Å². The molecule has 2 atom stereocenters. The van der Waals surface area contributed by atoms with E-state index in [2.05, 4.69) is 25.2 Å². The average molecular weight is 295 g/mol. The Kier molecular flexibility index (Phi) is 5.37. The smallest absolute Gasteiger partial charge is 0.232 e. The van der Waals surface area contributed by atoms with Gasteiger partial charge in [-0.1, -0.05) is 62.7 Å². The van der Waals surface area contributed by atoms with Crippen molar-refractivity contribution in [1.29, 1.82) is 0 Å². The van der Waals surface area contributed by atoms with Crippen LogP contribution in [0.4, 0.5) is 5.69 Å². The van der Waals surface area contributed by atoms with Crippen molar-refractivity contribution in [3.05, 3.63) is 65.2 Å². The molecule has 0 heterocycles. The van der Waals surface area contributed by atoms with Crippen LogP contribution >= 0.6 is 0 Å². The molecule has 1 N–H and O–H groups in total. The summed E-state index contributed by atoms with van der Waals surface area (Å²) in [6.45, 7) is 8.33. The Balaban J connectivity index is 2.28. The molecule has 0 aliphatic heterocycles.